The van der Waals surface area contributed by atoms with E-state index in [1.54, 1.807) is 36.2 Å². The fraction of sp³-hybridized carbons (Fsp3) is 0.481. The lowest BCUT2D eigenvalue weighted by atomic mass is 9.81. The van der Waals surface area contributed by atoms with E-state index in [1.807, 2.05) is 6.92 Å². The van der Waals surface area contributed by atoms with Gasteiger partial charge in [0, 0.05) is 41.9 Å². The average molecular weight is 615 g/mol. The number of carbonyl (C=O) groups is 1. The Morgan fingerprint density at radius 1 is 1.07 bits per heavy atom. The van der Waals surface area contributed by atoms with Gasteiger partial charge >= 0.3 is 12.3 Å². The molecule has 1 saturated carbocycles. The smallest absolute Gasteiger partial charge is 0.481 e. The third-order valence-electron chi connectivity index (χ3n) is 7.12. The summed E-state index contributed by atoms with van der Waals surface area (Å²) in [7, 11) is 1.62. The van der Waals surface area contributed by atoms with Crippen molar-refractivity contribution in [1.82, 2.24) is 20.2 Å². The summed E-state index contributed by atoms with van der Waals surface area (Å²) < 4.78 is 43.7. The molecule has 1 heterocycles. The average Bonchev–Trinajstić information content (AvgIpc) is 3.32. The molecule has 0 bridgehead atoms. The zero-order chi connectivity index (χ0) is 29.7. The molecule has 4 rings (SSSR count). The number of nitrogens with zero attached hydrogens (tertiary/aromatic N) is 6. The lowest BCUT2D eigenvalue weighted by molar-refractivity contribution is -0.274. The lowest BCUT2D eigenvalue weighted by Gasteiger charge is -2.34. The minimum atomic E-state index is -4.85. The Hall–Kier alpha value is -3.25. The third-order valence-corrected chi connectivity index (χ3v) is 7.56. The minimum absolute atomic E-state index is 0.127. The first kappa shape index (κ1) is 30.7. The SMILES string of the molecule is CCN(CC1CCC(C(=O)O)CC1)c1ccc(OC(F)(F)F)cc1CN(Cc1cc(Cl)cc(Cl)c1)c1nnn(C)n1. The summed E-state index contributed by atoms with van der Waals surface area (Å²) in [6.45, 7) is 3.59. The Labute approximate surface area is 245 Å². The molecular formula is C27H31Cl2F3N6O3. The van der Waals surface area contributed by atoms with Gasteiger partial charge in [0.05, 0.1) is 13.0 Å². The maximum Gasteiger partial charge on any atom is 0.573 e. The Morgan fingerprint density at radius 2 is 1.76 bits per heavy atom. The largest absolute Gasteiger partial charge is 0.573 e. The number of benzene rings is 2. The van der Waals surface area contributed by atoms with Crippen LogP contribution in [0, 0.1) is 11.8 Å². The number of carboxylic acid groups (broad SMARTS) is 1. The van der Waals surface area contributed by atoms with Crippen molar-refractivity contribution < 1.29 is 27.8 Å². The van der Waals surface area contributed by atoms with Crippen LogP contribution in [0.1, 0.15) is 43.7 Å². The van der Waals surface area contributed by atoms with Gasteiger partial charge in [-0.3, -0.25) is 4.79 Å². The molecule has 1 N–H and O–H groups in total. The summed E-state index contributed by atoms with van der Waals surface area (Å²) in [6.07, 6.45) is -2.10. The maximum absolute atomic E-state index is 13.1. The molecule has 1 fully saturated rings. The fourth-order valence-corrected chi connectivity index (χ4v) is 5.79. The van der Waals surface area contributed by atoms with E-state index in [4.69, 9.17) is 23.2 Å². The van der Waals surface area contributed by atoms with E-state index in [1.165, 1.54) is 16.9 Å². The van der Waals surface area contributed by atoms with Gasteiger partial charge in [0.15, 0.2) is 0 Å². The second-order valence-corrected chi connectivity index (χ2v) is 11.0. The molecule has 14 heteroatoms. The highest BCUT2D eigenvalue weighted by Crippen LogP contribution is 2.35. The second kappa shape index (κ2) is 13.2. The molecule has 1 aliphatic carbocycles. The number of aromatic nitrogens is 4. The van der Waals surface area contributed by atoms with Crippen LogP contribution < -0.4 is 14.5 Å². The highest BCUT2D eigenvalue weighted by Gasteiger charge is 2.32. The lowest BCUT2D eigenvalue weighted by Crippen LogP contribution is -2.34. The highest BCUT2D eigenvalue weighted by molar-refractivity contribution is 6.34. The van der Waals surface area contributed by atoms with Gasteiger partial charge < -0.3 is 19.6 Å². The van der Waals surface area contributed by atoms with Crippen LogP contribution in [-0.4, -0.2) is 50.7 Å². The Balaban J connectivity index is 1.67. The Kier molecular flexibility index (Phi) is 9.85. The number of anilines is 2. The van der Waals surface area contributed by atoms with Gasteiger partial charge in [0.1, 0.15) is 5.75 Å². The molecule has 0 unspecified atom stereocenters. The Morgan fingerprint density at radius 3 is 2.32 bits per heavy atom. The van der Waals surface area contributed by atoms with Crippen molar-refractivity contribution in [3.63, 3.8) is 0 Å². The number of tetrazole rings is 1. The fourth-order valence-electron chi connectivity index (χ4n) is 5.22. The van der Waals surface area contributed by atoms with Crippen LogP contribution in [0.25, 0.3) is 0 Å². The van der Waals surface area contributed by atoms with E-state index in [0.717, 1.165) is 24.1 Å². The number of aliphatic carboxylic acids is 1. The molecule has 0 atom stereocenters. The summed E-state index contributed by atoms with van der Waals surface area (Å²) in [5, 5.41) is 22.6. The molecule has 222 valence electrons. The van der Waals surface area contributed by atoms with Gasteiger partial charge in [-0.05, 0) is 91.3 Å². The first-order valence-corrected chi connectivity index (χ1v) is 14.0. The van der Waals surface area contributed by atoms with Crippen LogP contribution in [0.4, 0.5) is 24.8 Å². The molecule has 0 spiro atoms. The number of rotatable bonds is 11. The summed E-state index contributed by atoms with van der Waals surface area (Å²) in [4.78, 5) is 16.6. The van der Waals surface area contributed by atoms with E-state index in [0.29, 0.717) is 41.5 Å². The van der Waals surface area contributed by atoms with Gasteiger partial charge in [0.25, 0.3) is 5.95 Å². The van der Waals surface area contributed by atoms with Crippen LogP contribution in [0.3, 0.4) is 0 Å². The normalized spacial score (nSPS) is 17.3. The van der Waals surface area contributed by atoms with Crippen molar-refractivity contribution in [3.05, 3.63) is 57.6 Å². The van der Waals surface area contributed by atoms with Crippen molar-refractivity contribution in [1.29, 1.82) is 0 Å². The molecule has 2 aromatic carbocycles. The second-order valence-electron chi connectivity index (χ2n) is 10.1. The van der Waals surface area contributed by atoms with Crippen molar-refractivity contribution in [2.24, 2.45) is 18.9 Å². The monoisotopic (exact) mass is 614 g/mol. The standard InChI is InChI=1S/C27H31Cl2F3N6O3/c1-3-37(14-17-4-6-19(7-5-17)25(39)40)24-9-8-23(41-27(30,31)32)12-20(24)16-38(26-33-35-36(2)34-26)15-18-10-21(28)13-22(29)11-18/h8-13,17,19H,3-7,14-16H2,1-2H3,(H,39,40). The molecule has 9 nitrogen and oxygen atoms in total. The predicted octanol–water partition coefficient (Wildman–Crippen LogP) is 6.34. The Bertz CT molecular complexity index is 1330. The first-order chi connectivity index (χ1) is 19.4. The van der Waals surface area contributed by atoms with Gasteiger partial charge in [-0.2, -0.15) is 4.80 Å². The quantitative estimate of drug-likeness (QED) is 0.267. The minimum Gasteiger partial charge on any atom is -0.481 e. The topological polar surface area (TPSA) is 96.6 Å². The number of carboxylic acids is 1. The highest BCUT2D eigenvalue weighted by atomic mass is 35.5. The van der Waals surface area contributed by atoms with Crippen molar-refractivity contribution in [2.45, 2.75) is 52.1 Å². The van der Waals surface area contributed by atoms with Gasteiger partial charge in [-0.25, -0.2) is 0 Å². The molecule has 41 heavy (non-hydrogen) atoms. The number of hydrogen-bond acceptors (Lipinski definition) is 7. The van der Waals surface area contributed by atoms with Crippen LogP contribution in [-0.2, 0) is 24.9 Å². The van der Waals surface area contributed by atoms with E-state index in [9.17, 15) is 23.1 Å². The summed E-state index contributed by atoms with van der Waals surface area (Å²) in [5.41, 5.74) is 2.05. The van der Waals surface area contributed by atoms with Gasteiger partial charge in [0.2, 0.25) is 0 Å². The third kappa shape index (κ3) is 8.62. The zero-order valence-corrected chi connectivity index (χ0v) is 24.1. The molecule has 0 aliphatic heterocycles. The summed E-state index contributed by atoms with van der Waals surface area (Å²) in [6, 6.07) is 9.40. The molecule has 0 saturated heterocycles. The molecule has 1 aliphatic rings. The first-order valence-electron chi connectivity index (χ1n) is 13.2. The van der Waals surface area contributed by atoms with E-state index >= 15 is 0 Å². The van der Waals surface area contributed by atoms with E-state index < -0.39 is 12.3 Å². The van der Waals surface area contributed by atoms with E-state index in [2.05, 4.69) is 25.0 Å². The van der Waals surface area contributed by atoms with Crippen molar-refractivity contribution in [3.8, 4) is 5.75 Å². The van der Waals surface area contributed by atoms with Crippen LogP contribution in [0.5, 0.6) is 5.75 Å². The number of hydrogen-bond donors (Lipinski definition) is 1. The van der Waals surface area contributed by atoms with E-state index in [-0.39, 0.29) is 36.6 Å². The van der Waals surface area contributed by atoms with Gasteiger partial charge in [-0.15, -0.1) is 18.3 Å². The maximum atomic E-state index is 13.1. The zero-order valence-electron chi connectivity index (χ0n) is 22.6. The van der Waals surface area contributed by atoms with Crippen LogP contribution in [0.2, 0.25) is 10.0 Å². The molecule has 3 aromatic rings. The number of aryl methyl sites for hydroxylation is 1. The van der Waals surface area contributed by atoms with Crippen molar-refractivity contribution in [2.75, 3.05) is 22.9 Å². The molecule has 0 radical (unpaired) electrons. The predicted molar refractivity (Wildman–Crippen MR) is 149 cm³/mol. The van der Waals surface area contributed by atoms with Crippen LogP contribution >= 0.6 is 23.2 Å². The summed E-state index contributed by atoms with van der Waals surface area (Å²) >= 11 is 12.4. The number of alkyl halides is 3. The van der Waals surface area contributed by atoms with Gasteiger partial charge in [-0.1, -0.05) is 28.3 Å². The van der Waals surface area contributed by atoms with Crippen molar-refractivity contribution >= 4 is 40.8 Å². The molecule has 0 amide bonds. The molecular weight excluding hydrogens is 584 g/mol. The summed E-state index contributed by atoms with van der Waals surface area (Å²) in [5.74, 6) is -0.907. The molecule has 1 aromatic heterocycles. The van der Waals surface area contributed by atoms with Crippen LogP contribution in [0.15, 0.2) is 36.4 Å². The number of ether oxygens (including phenoxy) is 1. The number of halogens is 5.